The van der Waals surface area contributed by atoms with Crippen molar-refractivity contribution in [3.8, 4) is 0 Å². The molecule has 5 heteroatoms. The lowest BCUT2D eigenvalue weighted by Gasteiger charge is -1.77. The van der Waals surface area contributed by atoms with Crippen molar-refractivity contribution in [2.75, 3.05) is 0 Å². The van der Waals surface area contributed by atoms with Gasteiger partial charge in [0.2, 0.25) is 5.65 Å². The van der Waals surface area contributed by atoms with Gasteiger partial charge in [0, 0.05) is 0 Å². The van der Waals surface area contributed by atoms with Crippen LogP contribution in [0, 0.1) is 0 Å². The third-order valence-corrected chi connectivity index (χ3v) is 1.17. The van der Waals surface area contributed by atoms with E-state index in [1.807, 2.05) is 0 Å². The molecule has 0 aliphatic rings. The van der Waals surface area contributed by atoms with E-state index in [9.17, 15) is 9.59 Å². The standard InChI is InChI=1S/C5H2N2O3/c8-4-2-1-6-3(7-2)5(9)10-4/h1H,(H,6,7). The SMILES string of the molecule is O=c1oc(=O)c2ncc1[nH]2. The van der Waals surface area contributed by atoms with Crippen LogP contribution in [0.4, 0.5) is 0 Å². The molecule has 0 aliphatic heterocycles. The topological polar surface area (TPSA) is 76.0 Å². The monoisotopic (exact) mass is 138 g/mol. The molecule has 1 N–H and O–H groups in total. The lowest BCUT2D eigenvalue weighted by atomic mass is 10.6. The van der Waals surface area contributed by atoms with E-state index in [2.05, 4.69) is 14.4 Å². The van der Waals surface area contributed by atoms with Crippen molar-refractivity contribution in [2.45, 2.75) is 0 Å². The lowest BCUT2D eigenvalue weighted by molar-refractivity contribution is 0.483. The minimum Gasteiger partial charge on any atom is -0.382 e. The van der Waals surface area contributed by atoms with Crippen molar-refractivity contribution in [2.24, 2.45) is 0 Å². The van der Waals surface area contributed by atoms with E-state index in [4.69, 9.17) is 0 Å². The number of aromatic nitrogens is 2. The Hall–Kier alpha value is -1.65. The van der Waals surface area contributed by atoms with E-state index in [0.29, 0.717) is 0 Å². The van der Waals surface area contributed by atoms with Gasteiger partial charge in [-0.2, -0.15) is 0 Å². The number of H-pyrrole nitrogens is 1. The summed E-state index contributed by atoms with van der Waals surface area (Å²) in [4.78, 5) is 27.3. The average molecular weight is 138 g/mol. The second-order valence-electron chi connectivity index (χ2n) is 1.82. The Morgan fingerprint density at radius 2 is 2.20 bits per heavy atom. The second kappa shape index (κ2) is 1.44. The summed E-state index contributed by atoms with van der Waals surface area (Å²) < 4.78 is 4.23. The first-order valence-corrected chi connectivity index (χ1v) is 2.59. The van der Waals surface area contributed by atoms with Gasteiger partial charge in [-0.05, 0) is 0 Å². The van der Waals surface area contributed by atoms with E-state index < -0.39 is 11.3 Å². The average Bonchev–Trinajstić information content (AvgIpc) is 2.28. The molecule has 50 valence electrons. The Balaban J connectivity index is 3.24. The zero-order valence-corrected chi connectivity index (χ0v) is 4.75. The largest absolute Gasteiger partial charge is 0.382 e. The molecule has 0 radical (unpaired) electrons. The second-order valence-corrected chi connectivity index (χ2v) is 1.82. The number of nitrogens with zero attached hydrogens (tertiary/aromatic N) is 1. The number of hydrogen-bond acceptors (Lipinski definition) is 4. The van der Waals surface area contributed by atoms with Gasteiger partial charge in [-0.1, -0.05) is 0 Å². The fraction of sp³-hybridized carbons (Fsp3) is 0. The minimum absolute atomic E-state index is 0.0783. The van der Waals surface area contributed by atoms with Crippen LogP contribution in [-0.2, 0) is 0 Å². The quantitative estimate of drug-likeness (QED) is 0.523. The molecule has 0 spiro atoms. The van der Waals surface area contributed by atoms with E-state index in [1.165, 1.54) is 6.20 Å². The molecule has 2 aromatic heterocycles. The number of nitrogens with one attached hydrogen (secondary N) is 1. The number of imidazole rings is 1. The van der Waals surface area contributed by atoms with Gasteiger partial charge < -0.3 is 9.40 Å². The molecular formula is C5H2N2O3. The van der Waals surface area contributed by atoms with Crippen LogP contribution in [0.2, 0.25) is 0 Å². The lowest BCUT2D eigenvalue weighted by Crippen LogP contribution is -2.10. The molecular weight excluding hydrogens is 136 g/mol. The Kier molecular flexibility index (Phi) is 0.743. The van der Waals surface area contributed by atoms with Crippen molar-refractivity contribution in [1.29, 1.82) is 0 Å². The first kappa shape index (κ1) is 5.16. The first-order valence-electron chi connectivity index (χ1n) is 2.59. The molecule has 0 atom stereocenters. The molecule has 0 unspecified atom stereocenters. The third kappa shape index (κ3) is 0.485. The molecule has 0 amide bonds. The zero-order chi connectivity index (χ0) is 7.14. The van der Waals surface area contributed by atoms with Crippen LogP contribution in [0.1, 0.15) is 0 Å². The van der Waals surface area contributed by atoms with E-state index in [-0.39, 0.29) is 11.2 Å². The summed E-state index contributed by atoms with van der Waals surface area (Å²) in [5.41, 5.74) is -1.10. The fourth-order valence-electron chi connectivity index (χ4n) is 0.716. The highest BCUT2D eigenvalue weighted by Gasteiger charge is 2.03. The molecule has 0 aliphatic carbocycles. The number of aromatic amines is 1. The van der Waals surface area contributed by atoms with Crippen LogP contribution in [0.15, 0.2) is 20.2 Å². The van der Waals surface area contributed by atoms with Crippen LogP contribution in [0.5, 0.6) is 0 Å². The Labute approximate surface area is 53.7 Å². The summed E-state index contributed by atoms with van der Waals surface area (Å²) in [5, 5.41) is 0. The third-order valence-electron chi connectivity index (χ3n) is 1.17. The van der Waals surface area contributed by atoms with Gasteiger partial charge in [-0.3, -0.25) is 0 Å². The molecule has 2 bridgehead atoms. The molecule has 5 nitrogen and oxygen atoms in total. The van der Waals surface area contributed by atoms with E-state index in [0.717, 1.165) is 0 Å². The summed E-state index contributed by atoms with van der Waals surface area (Å²) in [6.45, 7) is 0. The highest BCUT2D eigenvalue weighted by atomic mass is 16.4. The van der Waals surface area contributed by atoms with Crippen molar-refractivity contribution in [3.63, 3.8) is 0 Å². The minimum atomic E-state index is -0.720. The molecule has 0 fully saturated rings. The van der Waals surface area contributed by atoms with Crippen molar-refractivity contribution in [3.05, 3.63) is 27.0 Å². The molecule has 0 saturated heterocycles. The van der Waals surface area contributed by atoms with Crippen LogP contribution < -0.4 is 11.3 Å². The molecule has 2 heterocycles. The highest BCUT2D eigenvalue weighted by molar-refractivity contribution is 5.49. The molecule has 10 heavy (non-hydrogen) atoms. The predicted octanol–water partition coefficient (Wildman–Crippen LogP) is -0.686. The smallest absolute Gasteiger partial charge is 0.382 e. The van der Waals surface area contributed by atoms with E-state index >= 15 is 0 Å². The Morgan fingerprint density at radius 3 is 3.00 bits per heavy atom. The predicted molar refractivity (Wildman–Crippen MR) is 32.1 cm³/mol. The maximum Gasteiger partial charge on any atom is 0.382 e. The molecule has 0 aromatic carbocycles. The summed E-state index contributed by atoms with van der Waals surface area (Å²) in [6.07, 6.45) is 1.27. The molecule has 2 aromatic rings. The van der Waals surface area contributed by atoms with Gasteiger partial charge in [0.1, 0.15) is 5.52 Å². The van der Waals surface area contributed by atoms with E-state index in [1.54, 1.807) is 0 Å². The van der Waals surface area contributed by atoms with Crippen LogP contribution in [0.3, 0.4) is 0 Å². The van der Waals surface area contributed by atoms with Crippen molar-refractivity contribution in [1.82, 2.24) is 9.97 Å². The summed E-state index contributed by atoms with van der Waals surface area (Å²) in [5.74, 6) is 0. The van der Waals surface area contributed by atoms with Gasteiger partial charge in [-0.15, -0.1) is 0 Å². The first-order chi connectivity index (χ1) is 4.77. The van der Waals surface area contributed by atoms with Gasteiger partial charge in [-0.25, -0.2) is 14.6 Å². The van der Waals surface area contributed by atoms with Gasteiger partial charge in [0.05, 0.1) is 6.20 Å². The normalized spacial score (nSPS) is 10.8. The molecule has 2 rings (SSSR count). The number of hydrogen-bond donors (Lipinski definition) is 1. The maximum absolute atomic E-state index is 10.6. The van der Waals surface area contributed by atoms with Crippen molar-refractivity contribution >= 4 is 11.2 Å². The van der Waals surface area contributed by atoms with Crippen molar-refractivity contribution < 1.29 is 4.42 Å². The Bertz CT molecular complexity index is 415. The Morgan fingerprint density at radius 1 is 1.40 bits per heavy atom. The van der Waals surface area contributed by atoms with Gasteiger partial charge >= 0.3 is 11.3 Å². The van der Waals surface area contributed by atoms with Crippen LogP contribution in [0.25, 0.3) is 11.2 Å². The molecule has 0 saturated carbocycles. The fourth-order valence-corrected chi connectivity index (χ4v) is 0.716. The number of fused-ring (bicyclic) bond motifs is 2. The summed E-state index contributed by atoms with van der Waals surface area (Å²) >= 11 is 0. The summed E-state index contributed by atoms with van der Waals surface area (Å²) in [6, 6.07) is 0. The van der Waals surface area contributed by atoms with Crippen LogP contribution >= 0.6 is 0 Å². The highest BCUT2D eigenvalue weighted by Crippen LogP contribution is 1.90. The van der Waals surface area contributed by atoms with Crippen LogP contribution in [-0.4, -0.2) is 9.97 Å². The summed E-state index contributed by atoms with van der Waals surface area (Å²) in [7, 11) is 0. The zero-order valence-electron chi connectivity index (χ0n) is 4.75. The van der Waals surface area contributed by atoms with Gasteiger partial charge in [0.25, 0.3) is 0 Å². The van der Waals surface area contributed by atoms with Gasteiger partial charge in [0.15, 0.2) is 0 Å². The number of rotatable bonds is 0. The maximum atomic E-state index is 10.6.